The molecular weight excluding hydrogens is 286 g/mol. The molecule has 0 aliphatic heterocycles. The molecule has 126 valence electrons. The summed E-state index contributed by atoms with van der Waals surface area (Å²) < 4.78 is 7.81. The number of aromatic nitrogens is 2. The fraction of sp³-hybridized carbons (Fsp3) is 0.632. The third kappa shape index (κ3) is 3.69. The largest absolute Gasteiger partial charge is 0.469 e. The summed E-state index contributed by atoms with van der Waals surface area (Å²) >= 11 is 0. The molecule has 0 saturated heterocycles. The Hall–Kier alpha value is -1.55. The van der Waals surface area contributed by atoms with Gasteiger partial charge in [0.1, 0.15) is 5.76 Å². The molecule has 0 radical (unpaired) electrons. The Balaban J connectivity index is 1.61. The minimum absolute atomic E-state index is 0.293. The average molecular weight is 315 g/mol. The van der Waals surface area contributed by atoms with Gasteiger partial charge in [-0.2, -0.15) is 5.10 Å². The monoisotopic (exact) mass is 315 g/mol. The van der Waals surface area contributed by atoms with Gasteiger partial charge < -0.3 is 9.73 Å². The number of nitrogens with one attached hydrogen (secondary N) is 1. The van der Waals surface area contributed by atoms with Crippen LogP contribution in [-0.2, 0) is 13.0 Å². The maximum absolute atomic E-state index is 5.69. The second-order valence-electron chi connectivity index (χ2n) is 8.02. The van der Waals surface area contributed by atoms with Gasteiger partial charge in [0, 0.05) is 36.8 Å². The molecule has 0 aromatic carbocycles. The Bertz CT molecular complexity index is 668. The maximum atomic E-state index is 5.69. The second kappa shape index (κ2) is 6.16. The second-order valence-corrected chi connectivity index (χ2v) is 8.02. The lowest BCUT2D eigenvalue weighted by molar-refractivity contribution is 0.229. The van der Waals surface area contributed by atoms with E-state index in [-0.39, 0.29) is 0 Å². The predicted octanol–water partition coefficient (Wildman–Crippen LogP) is 4.03. The molecule has 0 unspecified atom stereocenters. The zero-order valence-electron chi connectivity index (χ0n) is 15.0. The van der Waals surface area contributed by atoms with E-state index in [1.165, 1.54) is 11.3 Å². The molecular formula is C19H29N3O. The van der Waals surface area contributed by atoms with Gasteiger partial charge in [-0.25, -0.2) is 0 Å². The summed E-state index contributed by atoms with van der Waals surface area (Å²) in [7, 11) is 0. The highest BCUT2D eigenvalue weighted by Gasteiger charge is 2.34. The standard InChI is InChI=1S/C19H29N3O/c1-13(12-22-15(3)8-14(2)21-22)11-20-17-9-19(4,5)10-18-16(17)6-7-23-18/h6-8,13,17,20H,9-12H2,1-5H3/t13-,17-/m1/s1. The number of hydrogen-bond acceptors (Lipinski definition) is 3. The molecule has 0 bridgehead atoms. The Labute approximate surface area is 139 Å². The number of rotatable bonds is 5. The van der Waals surface area contributed by atoms with Crippen LogP contribution in [-0.4, -0.2) is 16.3 Å². The molecule has 0 spiro atoms. The molecule has 0 saturated carbocycles. The first kappa shape index (κ1) is 16.3. The van der Waals surface area contributed by atoms with Gasteiger partial charge in [0.25, 0.3) is 0 Å². The zero-order valence-corrected chi connectivity index (χ0v) is 15.0. The van der Waals surface area contributed by atoms with E-state index >= 15 is 0 Å². The lowest BCUT2D eigenvalue weighted by Gasteiger charge is -2.35. The molecule has 2 aromatic heterocycles. The van der Waals surface area contributed by atoms with Crippen molar-refractivity contribution in [2.45, 2.75) is 60.0 Å². The van der Waals surface area contributed by atoms with Gasteiger partial charge in [0.05, 0.1) is 12.0 Å². The van der Waals surface area contributed by atoms with E-state index in [1.807, 2.05) is 6.26 Å². The van der Waals surface area contributed by atoms with Crippen molar-refractivity contribution in [2.24, 2.45) is 11.3 Å². The molecule has 0 amide bonds. The Morgan fingerprint density at radius 3 is 2.91 bits per heavy atom. The summed E-state index contributed by atoms with van der Waals surface area (Å²) in [6.45, 7) is 13.1. The number of aryl methyl sites for hydroxylation is 2. The van der Waals surface area contributed by atoms with Crippen LogP contribution >= 0.6 is 0 Å². The van der Waals surface area contributed by atoms with Gasteiger partial charge in [-0.15, -0.1) is 0 Å². The molecule has 4 nitrogen and oxygen atoms in total. The summed E-state index contributed by atoms with van der Waals surface area (Å²) in [5, 5.41) is 8.33. The van der Waals surface area contributed by atoms with Crippen LogP contribution < -0.4 is 5.32 Å². The van der Waals surface area contributed by atoms with Crippen LogP contribution in [0.15, 0.2) is 22.8 Å². The highest BCUT2D eigenvalue weighted by Crippen LogP contribution is 2.41. The Kier molecular flexibility index (Phi) is 4.37. The minimum Gasteiger partial charge on any atom is -0.469 e. The van der Waals surface area contributed by atoms with Crippen molar-refractivity contribution in [1.82, 2.24) is 15.1 Å². The average Bonchev–Trinajstić information content (AvgIpc) is 3.01. The highest BCUT2D eigenvalue weighted by atomic mass is 16.3. The van der Waals surface area contributed by atoms with Crippen molar-refractivity contribution < 1.29 is 4.42 Å². The Morgan fingerprint density at radius 2 is 2.22 bits per heavy atom. The van der Waals surface area contributed by atoms with E-state index in [0.717, 1.165) is 37.4 Å². The molecule has 0 fully saturated rings. The first-order valence-corrected chi connectivity index (χ1v) is 8.65. The van der Waals surface area contributed by atoms with E-state index in [1.54, 1.807) is 0 Å². The van der Waals surface area contributed by atoms with Crippen LogP contribution in [0.4, 0.5) is 0 Å². The lowest BCUT2D eigenvalue weighted by atomic mass is 9.74. The zero-order chi connectivity index (χ0) is 16.6. The molecule has 1 aliphatic rings. The number of fused-ring (bicyclic) bond motifs is 1. The molecule has 1 aliphatic carbocycles. The lowest BCUT2D eigenvalue weighted by Crippen LogP contribution is -2.35. The van der Waals surface area contributed by atoms with Gasteiger partial charge in [-0.1, -0.05) is 20.8 Å². The molecule has 2 heterocycles. The van der Waals surface area contributed by atoms with E-state index < -0.39 is 0 Å². The van der Waals surface area contributed by atoms with Crippen LogP contribution in [0.3, 0.4) is 0 Å². The molecule has 2 atom stereocenters. The molecule has 1 N–H and O–H groups in total. The van der Waals surface area contributed by atoms with E-state index in [2.05, 4.69) is 61.8 Å². The minimum atomic E-state index is 0.293. The van der Waals surface area contributed by atoms with Gasteiger partial charge in [-0.3, -0.25) is 4.68 Å². The molecule has 4 heteroatoms. The van der Waals surface area contributed by atoms with Crippen LogP contribution in [0.5, 0.6) is 0 Å². The fourth-order valence-corrected chi connectivity index (χ4v) is 3.72. The van der Waals surface area contributed by atoms with E-state index in [4.69, 9.17) is 4.42 Å². The summed E-state index contributed by atoms with van der Waals surface area (Å²) in [4.78, 5) is 0. The van der Waals surface area contributed by atoms with Crippen molar-refractivity contribution in [2.75, 3.05) is 6.54 Å². The summed E-state index contributed by atoms with van der Waals surface area (Å²) in [6, 6.07) is 4.67. The third-order valence-corrected chi connectivity index (χ3v) is 4.85. The van der Waals surface area contributed by atoms with Crippen molar-refractivity contribution in [3.05, 3.63) is 41.1 Å². The number of hydrogen-bond donors (Lipinski definition) is 1. The summed E-state index contributed by atoms with van der Waals surface area (Å²) in [6.07, 6.45) is 4.03. The van der Waals surface area contributed by atoms with Crippen LogP contribution in [0.2, 0.25) is 0 Å². The van der Waals surface area contributed by atoms with Crippen LogP contribution in [0.1, 0.15) is 55.9 Å². The van der Waals surface area contributed by atoms with Gasteiger partial charge in [0.15, 0.2) is 0 Å². The predicted molar refractivity (Wildman–Crippen MR) is 92.4 cm³/mol. The summed E-state index contributed by atoms with van der Waals surface area (Å²) in [5.74, 6) is 1.69. The van der Waals surface area contributed by atoms with Gasteiger partial charge in [0.2, 0.25) is 0 Å². The molecule has 3 rings (SSSR count). The normalized spacial score (nSPS) is 21.2. The SMILES string of the molecule is Cc1cc(C)n(C[C@H](C)CN[C@@H]2CC(C)(C)Cc3occc32)n1. The van der Waals surface area contributed by atoms with Crippen LogP contribution in [0, 0.1) is 25.2 Å². The van der Waals surface area contributed by atoms with E-state index in [9.17, 15) is 0 Å². The Morgan fingerprint density at radius 1 is 1.43 bits per heavy atom. The first-order chi connectivity index (χ1) is 10.8. The summed E-state index contributed by atoms with van der Waals surface area (Å²) in [5.41, 5.74) is 3.98. The van der Waals surface area contributed by atoms with Gasteiger partial charge >= 0.3 is 0 Å². The van der Waals surface area contributed by atoms with Crippen molar-refractivity contribution >= 4 is 0 Å². The maximum Gasteiger partial charge on any atom is 0.109 e. The quantitative estimate of drug-likeness (QED) is 0.906. The molecule has 23 heavy (non-hydrogen) atoms. The smallest absolute Gasteiger partial charge is 0.109 e. The van der Waals surface area contributed by atoms with E-state index in [0.29, 0.717) is 17.4 Å². The van der Waals surface area contributed by atoms with Crippen molar-refractivity contribution in [1.29, 1.82) is 0 Å². The van der Waals surface area contributed by atoms with Gasteiger partial charge in [-0.05, 0) is 43.7 Å². The topological polar surface area (TPSA) is 43.0 Å². The van der Waals surface area contributed by atoms with Crippen molar-refractivity contribution in [3.63, 3.8) is 0 Å². The van der Waals surface area contributed by atoms with Crippen LogP contribution in [0.25, 0.3) is 0 Å². The van der Waals surface area contributed by atoms with Crippen molar-refractivity contribution in [3.8, 4) is 0 Å². The third-order valence-electron chi connectivity index (χ3n) is 4.85. The highest BCUT2D eigenvalue weighted by molar-refractivity contribution is 5.26. The number of furan rings is 1. The number of nitrogens with zero attached hydrogens (tertiary/aromatic N) is 2. The molecule has 2 aromatic rings. The fourth-order valence-electron chi connectivity index (χ4n) is 3.72. The first-order valence-electron chi connectivity index (χ1n) is 8.65.